The van der Waals surface area contributed by atoms with Crippen LogP contribution in [0, 0.1) is 6.92 Å². The van der Waals surface area contributed by atoms with Gasteiger partial charge in [0, 0.05) is 24.1 Å². The molecular weight excluding hydrogens is 582 g/mol. The Kier molecular flexibility index (Phi) is 8.97. The monoisotopic (exact) mass is 613 g/mol. The van der Waals surface area contributed by atoms with Crippen LogP contribution in [0.1, 0.15) is 36.8 Å². The van der Waals surface area contributed by atoms with Crippen molar-refractivity contribution in [3.63, 3.8) is 0 Å². The molecule has 10 heteroatoms. The van der Waals surface area contributed by atoms with Crippen LogP contribution >= 0.6 is 15.9 Å². The Balaban J connectivity index is 1.47. The maximum absolute atomic E-state index is 13.5. The number of hydrogen-bond acceptors (Lipinski definition) is 5. The first-order chi connectivity index (χ1) is 18.6. The largest absolute Gasteiger partial charge is 0.495 e. The number of sulfonamides is 1. The first kappa shape index (κ1) is 28.6. The van der Waals surface area contributed by atoms with Crippen LogP contribution in [0.2, 0.25) is 0 Å². The van der Waals surface area contributed by atoms with E-state index >= 15 is 0 Å². The first-order valence-electron chi connectivity index (χ1n) is 12.8. The molecule has 1 aliphatic heterocycles. The van der Waals surface area contributed by atoms with E-state index < -0.39 is 21.8 Å². The quantitative estimate of drug-likeness (QED) is 0.364. The molecule has 0 unspecified atom stereocenters. The SMILES string of the molecule is CCN(c1ccccc1)S(=O)(=O)c1ccc(OC)c(NC(=O)C(=O)N2CCC(c3ccc(Br)c(C)c3)CC2)c1. The number of nitrogens with zero attached hydrogens (tertiary/aromatic N) is 2. The van der Waals surface area contributed by atoms with Crippen molar-refractivity contribution >= 4 is 49.1 Å². The molecule has 0 radical (unpaired) electrons. The number of amides is 2. The molecule has 1 fully saturated rings. The number of benzene rings is 3. The summed E-state index contributed by atoms with van der Waals surface area (Å²) >= 11 is 3.53. The Bertz CT molecular complexity index is 1450. The highest BCUT2D eigenvalue weighted by Gasteiger charge is 2.29. The maximum atomic E-state index is 13.5. The number of anilines is 2. The molecule has 0 aliphatic carbocycles. The molecule has 1 N–H and O–H groups in total. The number of aryl methyl sites for hydroxylation is 1. The fourth-order valence-corrected chi connectivity index (χ4v) is 6.56. The van der Waals surface area contributed by atoms with Crippen molar-refractivity contribution in [3.05, 3.63) is 82.3 Å². The first-order valence-corrected chi connectivity index (χ1v) is 15.0. The van der Waals surface area contributed by atoms with Crippen molar-refractivity contribution in [1.82, 2.24) is 4.90 Å². The van der Waals surface area contributed by atoms with Gasteiger partial charge in [0.05, 0.1) is 23.4 Å². The topological polar surface area (TPSA) is 96.0 Å². The smallest absolute Gasteiger partial charge is 0.314 e. The summed E-state index contributed by atoms with van der Waals surface area (Å²) in [4.78, 5) is 27.5. The predicted molar refractivity (Wildman–Crippen MR) is 156 cm³/mol. The van der Waals surface area contributed by atoms with E-state index in [-0.39, 0.29) is 22.9 Å². The number of carbonyl (C=O) groups is 2. The van der Waals surface area contributed by atoms with E-state index in [1.807, 2.05) is 19.1 Å². The van der Waals surface area contributed by atoms with Gasteiger partial charge >= 0.3 is 11.8 Å². The van der Waals surface area contributed by atoms with Crippen molar-refractivity contribution in [2.75, 3.05) is 36.4 Å². The van der Waals surface area contributed by atoms with Gasteiger partial charge in [0.1, 0.15) is 5.75 Å². The van der Waals surface area contributed by atoms with E-state index in [0.717, 1.165) is 22.9 Å². The summed E-state index contributed by atoms with van der Waals surface area (Å²) in [5.41, 5.74) is 3.03. The highest BCUT2D eigenvalue weighted by molar-refractivity contribution is 9.10. The molecule has 0 atom stereocenters. The second-order valence-electron chi connectivity index (χ2n) is 9.40. The summed E-state index contributed by atoms with van der Waals surface area (Å²) in [5.74, 6) is -0.925. The molecule has 39 heavy (non-hydrogen) atoms. The zero-order valence-corrected chi connectivity index (χ0v) is 24.6. The van der Waals surface area contributed by atoms with E-state index in [1.165, 1.54) is 35.2 Å². The highest BCUT2D eigenvalue weighted by Crippen LogP contribution is 2.32. The van der Waals surface area contributed by atoms with Gasteiger partial charge in [-0.2, -0.15) is 0 Å². The van der Waals surface area contributed by atoms with Crippen molar-refractivity contribution in [1.29, 1.82) is 0 Å². The fourth-order valence-electron chi connectivity index (χ4n) is 4.82. The zero-order valence-electron chi connectivity index (χ0n) is 22.2. The van der Waals surface area contributed by atoms with E-state index in [0.29, 0.717) is 24.7 Å². The minimum Gasteiger partial charge on any atom is -0.495 e. The van der Waals surface area contributed by atoms with Crippen LogP contribution in [-0.4, -0.2) is 51.9 Å². The maximum Gasteiger partial charge on any atom is 0.314 e. The molecular formula is C29H32BrN3O5S. The van der Waals surface area contributed by atoms with E-state index in [1.54, 1.807) is 36.1 Å². The molecule has 1 aliphatic rings. The molecule has 0 aromatic heterocycles. The second kappa shape index (κ2) is 12.2. The number of carbonyl (C=O) groups excluding carboxylic acids is 2. The Morgan fingerprint density at radius 2 is 1.74 bits per heavy atom. The number of ether oxygens (including phenoxy) is 1. The lowest BCUT2D eigenvalue weighted by Gasteiger charge is -2.32. The van der Waals surface area contributed by atoms with E-state index in [9.17, 15) is 18.0 Å². The van der Waals surface area contributed by atoms with Crippen molar-refractivity contribution < 1.29 is 22.7 Å². The lowest BCUT2D eigenvalue weighted by Crippen LogP contribution is -2.43. The van der Waals surface area contributed by atoms with E-state index in [4.69, 9.17) is 4.74 Å². The van der Waals surface area contributed by atoms with Crippen LogP contribution in [-0.2, 0) is 19.6 Å². The summed E-state index contributed by atoms with van der Waals surface area (Å²) in [6.45, 7) is 4.93. The molecule has 4 rings (SSSR count). The third kappa shape index (κ3) is 6.28. The van der Waals surface area contributed by atoms with Gasteiger partial charge in [0.25, 0.3) is 10.0 Å². The molecule has 1 heterocycles. The number of methoxy groups -OCH3 is 1. The minimum atomic E-state index is -3.94. The molecule has 3 aromatic carbocycles. The van der Waals surface area contributed by atoms with Crippen LogP contribution in [0.4, 0.5) is 11.4 Å². The van der Waals surface area contributed by atoms with E-state index in [2.05, 4.69) is 33.4 Å². The molecule has 1 saturated heterocycles. The lowest BCUT2D eigenvalue weighted by atomic mass is 9.88. The minimum absolute atomic E-state index is 0.0256. The molecule has 0 spiro atoms. The van der Waals surface area contributed by atoms with Crippen LogP contribution in [0.5, 0.6) is 5.75 Å². The van der Waals surface area contributed by atoms with Gasteiger partial charge in [0.15, 0.2) is 0 Å². The van der Waals surface area contributed by atoms with Gasteiger partial charge < -0.3 is 15.0 Å². The normalized spacial score (nSPS) is 14.1. The Morgan fingerprint density at radius 1 is 1.05 bits per heavy atom. The zero-order chi connectivity index (χ0) is 28.2. The molecule has 3 aromatic rings. The standard InChI is InChI=1S/C29H32BrN3O5S/c1-4-33(23-8-6-5-7-9-23)39(36,37)24-11-13-27(38-3)26(19-24)31-28(34)29(35)32-16-14-21(15-17-32)22-10-12-25(30)20(2)18-22/h5-13,18-19,21H,4,14-17H2,1-3H3,(H,31,34). The number of rotatable bonds is 7. The van der Waals surface area contributed by atoms with Crippen LogP contribution < -0.4 is 14.4 Å². The number of hydrogen-bond donors (Lipinski definition) is 1. The Morgan fingerprint density at radius 3 is 2.36 bits per heavy atom. The predicted octanol–water partition coefficient (Wildman–Crippen LogP) is 5.33. The second-order valence-corrected chi connectivity index (χ2v) is 12.1. The van der Waals surface area contributed by atoms with Crippen molar-refractivity contribution in [3.8, 4) is 5.75 Å². The number of likely N-dealkylation sites (tertiary alicyclic amines) is 1. The summed E-state index contributed by atoms with van der Waals surface area (Å²) in [7, 11) is -2.52. The van der Waals surface area contributed by atoms with Crippen LogP contribution in [0.3, 0.4) is 0 Å². The summed E-state index contributed by atoms with van der Waals surface area (Å²) < 4.78 is 34.6. The van der Waals surface area contributed by atoms with Gasteiger partial charge in [-0.15, -0.1) is 0 Å². The van der Waals surface area contributed by atoms with Gasteiger partial charge in [-0.3, -0.25) is 13.9 Å². The number of halogens is 1. The number of nitrogens with one attached hydrogen (secondary N) is 1. The fraction of sp³-hybridized carbons (Fsp3) is 0.310. The third-order valence-corrected chi connectivity index (χ3v) is 9.76. The molecule has 8 nitrogen and oxygen atoms in total. The average molecular weight is 615 g/mol. The molecule has 206 valence electrons. The van der Waals surface area contributed by atoms with Crippen molar-refractivity contribution in [2.24, 2.45) is 0 Å². The van der Waals surface area contributed by atoms with Crippen LogP contribution in [0.15, 0.2) is 76.1 Å². The van der Waals surface area contributed by atoms with Gasteiger partial charge in [-0.1, -0.05) is 46.3 Å². The summed E-state index contributed by atoms with van der Waals surface area (Å²) in [6.07, 6.45) is 1.51. The Hall–Kier alpha value is -3.37. The molecule has 2 amide bonds. The van der Waals surface area contributed by atoms with Gasteiger partial charge in [0.2, 0.25) is 0 Å². The number of para-hydroxylation sites is 1. The van der Waals surface area contributed by atoms with Crippen LogP contribution in [0.25, 0.3) is 0 Å². The van der Waals surface area contributed by atoms with Crippen molar-refractivity contribution in [2.45, 2.75) is 37.5 Å². The highest BCUT2D eigenvalue weighted by atomic mass is 79.9. The van der Waals surface area contributed by atoms with Gasteiger partial charge in [-0.05, 0) is 80.1 Å². The Labute approximate surface area is 238 Å². The third-order valence-electron chi connectivity index (χ3n) is 6.97. The van der Waals surface area contributed by atoms with Gasteiger partial charge in [-0.25, -0.2) is 8.42 Å². The lowest BCUT2D eigenvalue weighted by molar-refractivity contribution is -0.143. The molecule has 0 saturated carbocycles. The number of piperidine rings is 1. The summed E-state index contributed by atoms with van der Waals surface area (Å²) in [5, 5.41) is 2.58. The molecule has 0 bridgehead atoms. The average Bonchev–Trinajstić information content (AvgIpc) is 2.95. The summed E-state index contributed by atoms with van der Waals surface area (Å²) in [6, 6.07) is 19.3.